The van der Waals surface area contributed by atoms with E-state index < -0.39 is 0 Å². The summed E-state index contributed by atoms with van der Waals surface area (Å²) in [5.74, 6) is 1.62. The maximum absolute atomic E-state index is 13.0. The Morgan fingerprint density at radius 3 is 2.80 bits per heavy atom. The van der Waals surface area contributed by atoms with Gasteiger partial charge in [0.2, 0.25) is 6.79 Å². The molecule has 0 fully saturated rings. The van der Waals surface area contributed by atoms with E-state index in [0.29, 0.717) is 24.3 Å². The fourth-order valence-corrected chi connectivity index (χ4v) is 4.09. The highest BCUT2D eigenvalue weighted by Crippen LogP contribution is 2.46. The van der Waals surface area contributed by atoms with Crippen LogP contribution in [0.1, 0.15) is 33.1 Å². The molecular weight excluding hydrogens is 322 g/mol. The van der Waals surface area contributed by atoms with E-state index in [4.69, 9.17) is 14.2 Å². The molecule has 128 valence electrons. The molecule has 0 saturated heterocycles. The van der Waals surface area contributed by atoms with E-state index in [1.165, 1.54) is 12.7 Å². The van der Waals surface area contributed by atoms with Crippen LogP contribution in [0.2, 0.25) is 0 Å². The highest BCUT2D eigenvalue weighted by Gasteiger charge is 2.39. The molecule has 0 bridgehead atoms. The topological polar surface area (TPSA) is 68.2 Å². The SMILES string of the molecule is COc1ccc2c(c1O)C(=O)N1CCc3cc4c(cc3C1C2)OCO4. The number of hydrogen-bond acceptors (Lipinski definition) is 5. The van der Waals surface area contributed by atoms with Crippen molar-refractivity contribution >= 4 is 5.91 Å². The first-order valence-electron chi connectivity index (χ1n) is 8.29. The summed E-state index contributed by atoms with van der Waals surface area (Å²) in [6, 6.07) is 7.55. The Balaban J connectivity index is 1.63. The quantitative estimate of drug-likeness (QED) is 0.864. The molecule has 1 atom stereocenters. The van der Waals surface area contributed by atoms with Gasteiger partial charge >= 0.3 is 0 Å². The summed E-state index contributed by atoms with van der Waals surface area (Å²) in [6.45, 7) is 0.855. The Kier molecular flexibility index (Phi) is 2.92. The van der Waals surface area contributed by atoms with E-state index in [-0.39, 0.29) is 24.5 Å². The second kappa shape index (κ2) is 5.05. The van der Waals surface area contributed by atoms with Crippen LogP contribution in [0.4, 0.5) is 0 Å². The molecule has 0 radical (unpaired) electrons. The highest BCUT2D eigenvalue weighted by atomic mass is 16.7. The van der Waals surface area contributed by atoms with Gasteiger partial charge in [-0.25, -0.2) is 0 Å². The van der Waals surface area contributed by atoms with Crippen LogP contribution in [-0.2, 0) is 12.8 Å². The smallest absolute Gasteiger partial charge is 0.258 e. The van der Waals surface area contributed by atoms with Gasteiger partial charge in [-0.2, -0.15) is 0 Å². The number of fused-ring (bicyclic) bond motifs is 5. The number of carbonyl (C=O) groups is 1. The molecule has 3 aliphatic rings. The van der Waals surface area contributed by atoms with E-state index in [1.54, 1.807) is 6.07 Å². The summed E-state index contributed by atoms with van der Waals surface area (Å²) >= 11 is 0. The average molecular weight is 339 g/mol. The number of carbonyl (C=O) groups excluding carboxylic acids is 1. The van der Waals surface area contributed by atoms with Crippen molar-refractivity contribution in [2.45, 2.75) is 18.9 Å². The Hall–Kier alpha value is -2.89. The molecule has 2 aromatic carbocycles. The molecule has 6 heteroatoms. The number of aromatic hydroxyl groups is 1. The Morgan fingerprint density at radius 2 is 2.00 bits per heavy atom. The number of benzene rings is 2. The maximum atomic E-state index is 13.0. The number of phenolic OH excluding ortho intramolecular Hbond substituents is 1. The zero-order valence-electron chi connectivity index (χ0n) is 13.7. The van der Waals surface area contributed by atoms with Crippen molar-refractivity contribution in [3.63, 3.8) is 0 Å². The van der Waals surface area contributed by atoms with E-state index in [2.05, 4.69) is 0 Å². The van der Waals surface area contributed by atoms with Gasteiger partial charge in [-0.1, -0.05) is 6.07 Å². The monoisotopic (exact) mass is 339 g/mol. The molecule has 0 saturated carbocycles. The molecule has 1 unspecified atom stereocenters. The molecular formula is C19H17NO5. The van der Waals surface area contributed by atoms with Gasteiger partial charge in [-0.3, -0.25) is 4.79 Å². The van der Waals surface area contributed by atoms with Crippen LogP contribution in [0, 0.1) is 0 Å². The molecule has 1 amide bonds. The van der Waals surface area contributed by atoms with Gasteiger partial charge in [-0.15, -0.1) is 0 Å². The Labute approximate surface area is 144 Å². The number of rotatable bonds is 1. The number of amides is 1. The minimum atomic E-state index is -0.147. The summed E-state index contributed by atoms with van der Waals surface area (Å²) in [5, 5.41) is 10.4. The van der Waals surface area contributed by atoms with Crippen LogP contribution in [0.5, 0.6) is 23.0 Å². The van der Waals surface area contributed by atoms with E-state index in [0.717, 1.165) is 29.0 Å². The van der Waals surface area contributed by atoms with Crippen molar-refractivity contribution in [3.8, 4) is 23.0 Å². The first kappa shape index (κ1) is 14.5. The van der Waals surface area contributed by atoms with Crippen molar-refractivity contribution in [2.75, 3.05) is 20.4 Å². The van der Waals surface area contributed by atoms with Crippen molar-refractivity contribution in [2.24, 2.45) is 0 Å². The van der Waals surface area contributed by atoms with Crippen LogP contribution in [0.15, 0.2) is 24.3 Å². The third-order valence-electron chi connectivity index (χ3n) is 5.33. The van der Waals surface area contributed by atoms with Crippen LogP contribution in [0.3, 0.4) is 0 Å². The van der Waals surface area contributed by atoms with Crippen LogP contribution >= 0.6 is 0 Å². The first-order valence-corrected chi connectivity index (χ1v) is 8.29. The molecule has 2 aromatic rings. The lowest BCUT2D eigenvalue weighted by atomic mass is 9.83. The molecule has 5 rings (SSSR count). The third kappa shape index (κ3) is 1.94. The number of methoxy groups -OCH3 is 1. The van der Waals surface area contributed by atoms with Crippen molar-refractivity contribution in [1.82, 2.24) is 4.90 Å². The Morgan fingerprint density at radius 1 is 1.20 bits per heavy atom. The molecule has 3 heterocycles. The van der Waals surface area contributed by atoms with Crippen LogP contribution in [-0.4, -0.2) is 36.4 Å². The molecule has 0 aromatic heterocycles. The number of ether oxygens (including phenoxy) is 3. The fraction of sp³-hybridized carbons (Fsp3) is 0.316. The summed E-state index contributed by atoms with van der Waals surface area (Å²) in [5.41, 5.74) is 3.50. The lowest BCUT2D eigenvalue weighted by Crippen LogP contribution is -2.44. The minimum Gasteiger partial charge on any atom is -0.504 e. The summed E-state index contributed by atoms with van der Waals surface area (Å²) < 4.78 is 16.1. The normalized spacial score (nSPS) is 20.0. The lowest BCUT2D eigenvalue weighted by Gasteiger charge is -2.41. The van der Waals surface area contributed by atoms with Gasteiger partial charge in [-0.05, 0) is 47.7 Å². The fourth-order valence-electron chi connectivity index (χ4n) is 4.09. The molecule has 1 N–H and O–H groups in total. The largest absolute Gasteiger partial charge is 0.504 e. The van der Waals surface area contributed by atoms with Gasteiger partial charge in [0.15, 0.2) is 23.0 Å². The second-order valence-corrected chi connectivity index (χ2v) is 6.52. The first-order chi connectivity index (χ1) is 12.2. The van der Waals surface area contributed by atoms with Crippen molar-refractivity contribution < 1.29 is 24.1 Å². The molecule has 0 aliphatic carbocycles. The van der Waals surface area contributed by atoms with Gasteiger partial charge in [0, 0.05) is 6.54 Å². The van der Waals surface area contributed by atoms with Crippen LogP contribution in [0.25, 0.3) is 0 Å². The average Bonchev–Trinajstić information content (AvgIpc) is 3.07. The Bertz CT molecular complexity index is 907. The van der Waals surface area contributed by atoms with Gasteiger partial charge < -0.3 is 24.2 Å². The predicted molar refractivity (Wildman–Crippen MR) is 88.4 cm³/mol. The molecule has 6 nitrogen and oxygen atoms in total. The molecule has 25 heavy (non-hydrogen) atoms. The molecule has 0 spiro atoms. The van der Waals surface area contributed by atoms with Crippen molar-refractivity contribution in [1.29, 1.82) is 0 Å². The number of hydrogen-bond donors (Lipinski definition) is 1. The zero-order valence-corrected chi connectivity index (χ0v) is 13.7. The maximum Gasteiger partial charge on any atom is 0.258 e. The van der Waals surface area contributed by atoms with Crippen molar-refractivity contribution in [3.05, 3.63) is 46.5 Å². The zero-order chi connectivity index (χ0) is 17.1. The van der Waals surface area contributed by atoms with E-state index in [1.807, 2.05) is 23.1 Å². The van der Waals surface area contributed by atoms with E-state index in [9.17, 15) is 9.90 Å². The minimum absolute atomic E-state index is 0.0500. The predicted octanol–water partition coefficient (Wildman–Crippen LogP) is 2.43. The second-order valence-electron chi connectivity index (χ2n) is 6.52. The number of nitrogens with zero attached hydrogens (tertiary/aromatic N) is 1. The van der Waals surface area contributed by atoms with Crippen LogP contribution < -0.4 is 14.2 Å². The van der Waals surface area contributed by atoms with E-state index >= 15 is 0 Å². The third-order valence-corrected chi connectivity index (χ3v) is 5.33. The summed E-state index contributed by atoms with van der Waals surface area (Å²) in [6.07, 6.45) is 1.42. The van der Waals surface area contributed by atoms with Gasteiger partial charge in [0.1, 0.15) is 0 Å². The molecule has 3 aliphatic heterocycles. The standard InChI is InChI=1S/C19H17NO5/c1-23-14-3-2-11-6-13-12-8-16-15(24-9-25-16)7-10(12)4-5-20(13)19(22)17(11)18(14)21/h2-3,7-8,13,21H,4-6,9H2,1H3. The van der Waals surface area contributed by atoms with Gasteiger partial charge in [0.05, 0.1) is 18.7 Å². The highest BCUT2D eigenvalue weighted by molar-refractivity contribution is 6.00. The number of phenols is 1. The lowest BCUT2D eigenvalue weighted by molar-refractivity contribution is 0.0627. The summed E-state index contributed by atoms with van der Waals surface area (Å²) in [4.78, 5) is 14.9. The van der Waals surface area contributed by atoms with Gasteiger partial charge in [0.25, 0.3) is 5.91 Å². The summed E-state index contributed by atoms with van der Waals surface area (Å²) in [7, 11) is 1.48.